The van der Waals surface area contributed by atoms with Gasteiger partial charge < -0.3 is 25.0 Å². The Labute approximate surface area is 200 Å². The third-order valence-corrected chi connectivity index (χ3v) is 6.58. The minimum absolute atomic E-state index is 0.00835. The standard InChI is InChI=1S/C22H25N5O4S2/c1-27(2)8-9-31-14-6-7-16(17(10-14)30-3)24-22-26-20(29)18(33-22)11-15-12-23-21(32-15)25-19(28)13-4-5-13/h6-7,10-13H,4-5,8-9H2,1-3H3,(H,23,25,28)(H,24,26,29). The summed E-state index contributed by atoms with van der Waals surface area (Å²) in [5.74, 6) is 1.13. The molecule has 2 heterocycles. The Kier molecular flexibility index (Phi) is 7.31. The average Bonchev–Trinajstić information content (AvgIpc) is 3.46. The number of amidine groups is 1. The first-order valence-electron chi connectivity index (χ1n) is 10.4. The van der Waals surface area contributed by atoms with Crippen LogP contribution in [0.3, 0.4) is 0 Å². The third-order valence-electron chi connectivity index (χ3n) is 4.81. The van der Waals surface area contributed by atoms with Gasteiger partial charge in [0.2, 0.25) is 5.91 Å². The number of thiazole rings is 1. The van der Waals surface area contributed by atoms with Gasteiger partial charge in [-0.15, -0.1) is 0 Å². The van der Waals surface area contributed by atoms with Crippen molar-refractivity contribution in [3.05, 3.63) is 34.2 Å². The molecule has 11 heteroatoms. The molecule has 9 nitrogen and oxygen atoms in total. The zero-order chi connectivity index (χ0) is 23.4. The summed E-state index contributed by atoms with van der Waals surface area (Å²) in [5.41, 5.74) is 0.587. The molecule has 0 bridgehead atoms. The van der Waals surface area contributed by atoms with Crippen LogP contribution < -0.4 is 20.1 Å². The van der Waals surface area contributed by atoms with E-state index in [2.05, 4.69) is 20.6 Å². The molecule has 0 radical (unpaired) electrons. The van der Waals surface area contributed by atoms with E-state index in [1.165, 1.54) is 23.1 Å². The molecule has 2 amide bonds. The number of nitrogens with zero attached hydrogens (tertiary/aromatic N) is 3. The number of aliphatic imine (C=N–C) groups is 1. The van der Waals surface area contributed by atoms with Gasteiger partial charge in [-0.05, 0) is 56.9 Å². The predicted octanol–water partition coefficient (Wildman–Crippen LogP) is 3.33. The second-order valence-electron chi connectivity index (χ2n) is 7.80. The second kappa shape index (κ2) is 10.4. The van der Waals surface area contributed by atoms with Crippen LogP contribution in [0.4, 0.5) is 10.8 Å². The normalized spacial score (nSPS) is 18.1. The van der Waals surface area contributed by atoms with Crippen LogP contribution in [0.5, 0.6) is 11.5 Å². The minimum atomic E-state index is -0.238. The van der Waals surface area contributed by atoms with Crippen LogP contribution in [0, 0.1) is 5.92 Å². The van der Waals surface area contributed by atoms with E-state index in [0.717, 1.165) is 24.3 Å². The summed E-state index contributed by atoms with van der Waals surface area (Å²) in [5, 5.41) is 6.59. The van der Waals surface area contributed by atoms with Gasteiger partial charge in [0.05, 0.1) is 16.9 Å². The lowest BCUT2D eigenvalue weighted by atomic mass is 10.3. The Morgan fingerprint density at radius 1 is 1.39 bits per heavy atom. The summed E-state index contributed by atoms with van der Waals surface area (Å²) in [6.07, 6.45) is 5.25. The highest BCUT2D eigenvalue weighted by Gasteiger charge is 2.30. The number of amides is 2. The SMILES string of the molecule is COc1cc(OCCN(C)C)ccc1N=C1NC(=O)C(=Cc2cnc(NC(=O)C3CC3)s2)S1. The summed E-state index contributed by atoms with van der Waals surface area (Å²) < 4.78 is 11.2. The fraction of sp³-hybridized carbons (Fsp3) is 0.364. The van der Waals surface area contributed by atoms with Crippen molar-refractivity contribution in [1.82, 2.24) is 15.2 Å². The molecule has 33 heavy (non-hydrogen) atoms. The smallest absolute Gasteiger partial charge is 0.264 e. The lowest BCUT2D eigenvalue weighted by Crippen LogP contribution is -2.19. The first-order chi connectivity index (χ1) is 15.9. The highest BCUT2D eigenvalue weighted by Crippen LogP contribution is 2.35. The Bertz CT molecular complexity index is 1110. The number of aromatic nitrogens is 1. The maximum absolute atomic E-state index is 12.4. The van der Waals surface area contributed by atoms with E-state index in [9.17, 15) is 9.59 Å². The van der Waals surface area contributed by atoms with E-state index in [0.29, 0.717) is 39.0 Å². The van der Waals surface area contributed by atoms with Gasteiger partial charge in [0, 0.05) is 24.7 Å². The molecule has 1 aliphatic carbocycles. The quantitative estimate of drug-likeness (QED) is 0.523. The van der Waals surface area contributed by atoms with Gasteiger partial charge >= 0.3 is 0 Å². The first kappa shape index (κ1) is 23.3. The van der Waals surface area contributed by atoms with Crippen molar-refractivity contribution < 1.29 is 19.1 Å². The van der Waals surface area contributed by atoms with E-state index in [-0.39, 0.29) is 17.7 Å². The Morgan fingerprint density at radius 2 is 2.21 bits per heavy atom. The molecule has 2 aliphatic rings. The minimum Gasteiger partial charge on any atom is -0.494 e. The van der Waals surface area contributed by atoms with Crippen LogP contribution >= 0.6 is 23.1 Å². The number of carbonyl (C=O) groups excluding carboxylic acids is 2. The van der Waals surface area contributed by atoms with Crippen molar-refractivity contribution in [3.8, 4) is 11.5 Å². The third kappa shape index (κ3) is 6.34. The van der Waals surface area contributed by atoms with E-state index < -0.39 is 0 Å². The fourth-order valence-electron chi connectivity index (χ4n) is 2.87. The first-order valence-corrected chi connectivity index (χ1v) is 12.1. The van der Waals surface area contributed by atoms with Crippen molar-refractivity contribution in [2.75, 3.05) is 39.7 Å². The average molecular weight is 488 g/mol. The largest absolute Gasteiger partial charge is 0.494 e. The highest BCUT2D eigenvalue weighted by atomic mass is 32.2. The van der Waals surface area contributed by atoms with E-state index in [1.807, 2.05) is 25.1 Å². The molecule has 1 aromatic heterocycles. The summed E-state index contributed by atoms with van der Waals surface area (Å²) in [6.45, 7) is 1.37. The van der Waals surface area contributed by atoms with Crippen LogP contribution in [0.25, 0.3) is 6.08 Å². The zero-order valence-electron chi connectivity index (χ0n) is 18.6. The molecule has 1 saturated carbocycles. The van der Waals surface area contributed by atoms with Gasteiger partial charge in [-0.3, -0.25) is 9.59 Å². The van der Waals surface area contributed by atoms with Crippen molar-refractivity contribution in [3.63, 3.8) is 0 Å². The van der Waals surface area contributed by atoms with Gasteiger partial charge in [-0.2, -0.15) is 0 Å². The molecule has 2 aromatic rings. The van der Waals surface area contributed by atoms with Crippen molar-refractivity contribution >= 4 is 57.0 Å². The summed E-state index contributed by atoms with van der Waals surface area (Å²) >= 11 is 2.56. The molecule has 4 rings (SSSR count). The van der Waals surface area contributed by atoms with E-state index >= 15 is 0 Å². The second-order valence-corrected chi connectivity index (χ2v) is 9.89. The van der Waals surface area contributed by atoms with Crippen LogP contribution in [-0.2, 0) is 9.59 Å². The lowest BCUT2D eigenvalue weighted by Gasteiger charge is -2.12. The molecular formula is C22H25N5O4S2. The number of hydrogen-bond acceptors (Lipinski definition) is 9. The summed E-state index contributed by atoms with van der Waals surface area (Å²) in [6, 6.07) is 5.40. The van der Waals surface area contributed by atoms with E-state index in [4.69, 9.17) is 9.47 Å². The molecule has 0 unspecified atom stereocenters. The summed E-state index contributed by atoms with van der Waals surface area (Å²) in [4.78, 5) is 36.4. The molecule has 1 saturated heterocycles. The summed E-state index contributed by atoms with van der Waals surface area (Å²) in [7, 11) is 5.54. The number of hydrogen-bond donors (Lipinski definition) is 2. The van der Waals surface area contributed by atoms with Gasteiger partial charge in [-0.1, -0.05) is 11.3 Å². The van der Waals surface area contributed by atoms with Crippen LogP contribution in [0.1, 0.15) is 17.7 Å². The van der Waals surface area contributed by atoms with Gasteiger partial charge in [-0.25, -0.2) is 9.98 Å². The number of rotatable bonds is 9. The maximum atomic E-state index is 12.4. The fourth-order valence-corrected chi connectivity index (χ4v) is 4.53. The molecule has 1 aliphatic heterocycles. The predicted molar refractivity (Wildman–Crippen MR) is 131 cm³/mol. The zero-order valence-corrected chi connectivity index (χ0v) is 20.2. The molecule has 2 fully saturated rings. The van der Waals surface area contributed by atoms with Crippen molar-refractivity contribution in [2.45, 2.75) is 12.8 Å². The molecule has 2 N–H and O–H groups in total. The topological polar surface area (TPSA) is 105 Å². The van der Waals surface area contributed by atoms with Crippen LogP contribution in [0.2, 0.25) is 0 Å². The number of carbonyl (C=O) groups is 2. The van der Waals surface area contributed by atoms with Gasteiger partial charge in [0.15, 0.2) is 10.3 Å². The van der Waals surface area contributed by atoms with Gasteiger partial charge in [0.1, 0.15) is 23.8 Å². The number of ether oxygens (including phenoxy) is 2. The van der Waals surface area contributed by atoms with Crippen LogP contribution in [0.15, 0.2) is 34.3 Å². The van der Waals surface area contributed by atoms with Crippen molar-refractivity contribution in [1.29, 1.82) is 0 Å². The molecule has 0 atom stereocenters. The van der Waals surface area contributed by atoms with Crippen molar-refractivity contribution in [2.24, 2.45) is 10.9 Å². The van der Waals surface area contributed by atoms with E-state index in [1.54, 1.807) is 31.5 Å². The number of nitrogens with one attached hydrogen (secondary N) is 2. The Balaban J connectivity index is 1.42. The Hall–Kier alpha value is -2.89. The Morgan fingerprint density at radius 3 is 2.94 bits per heavy atom. The molecular weight excluding hydrogens is 462 g/mol. The molecule has 174 valence electrons. The van der Waals surface area contributed by atoms with Gasteiger partial charge in [0.25, 0.3) is 5.91 Å². The number of anilines is 1. The lowest BCUT2D eigenvalue weighted by molar-refractivity contribution is -0.117. The number of methoxy groups -OCH3 is 1. The molecule has 1 aromatic carbocycles. The monoisotopic (exact) mass is 487 g/mol. The maximum Gasteiger partial charge on any atom is 0.264 e. The highest BCUT2D eigenvalue weighted by molar-refractivity contribution is 8.18. The number of benzene rings is 1. The number of likely N-dealkylation sites (N-methyl/N-ethyl adjacent to an activating group) is 1. The molecule has 0 spiro atoms. The van der Waals surface area contributed by atoms with Crippen LogP contribution in [-0.4, -0.2) is 61.2 Å². The number of thioether (sulfide) groups is 1.